The van der Waals surface area contributed by atoms with E-state index in [2.05, 4.69) is 31.3 Å². The molecule has 1 aliphatic rings. The normalized spacial score (nSPS) is 17.7. The number of nitrogens with one attached hydrogen (secondary N) is 2. The van der Waals surface area contributed by atoms with E-state index < -0.39 is 6.61 Å². The molecule has 1 aromatic carbocycles. The number of halogens is 4. The van der Waals surface area contributed by atoms with Gasteiger partial charge in [-0.3, -0.25) is 4.79 Å². The molecule has 1 aromatic rings. The molecule has 1 aliphatic heterocycles. The fourth-order valence-corrected chi connectivity index (χ4v) is 2.69. The second-order valence-electron chi connectivity index (χ2n) is 4.85. The lowest BCUT2D eigenvalue weighted by molar-refractivity contribution is -0.123. The maximum atomic E-state index is 12.4. The average molecular weight is 400 g/mol. The Morgan fingerprint density at radius 2 is 2.23 bits per heavy atom. The zero-order valence-corrected chi connectivity index (χ0v) is 14.2. The number of carbonyl (C=O) groups excluding carboxylic acids is 1. The van der Waals surface area contributed by atoms with Crippen molar-refractivity contribution in [2.24, 2.45) is 0 Å². The summed E-state index contributed by atoms with van der Waals surface area (Å²) >= 11 is 3.28. The van der Waals surface area contributed by atoms with Gasteiger partial charge in [0.05, 0.1) is 6.04 Å². The summed E-state index contributed by atoms with van der Waals surface area (Å²) in [6.07, 6.45) is 2.88. The minimum Gasteiger partial charge on any atom is -0.434 e. The van der Waals surface area contributed by atoms with E-state index in [1.165, 1.54) is 6.07 Å². The van der Waals surface area contributed by atoms with E-state index >= 15 is 0 Å². The smallest absolute Gasteiger partial charge is 0.387 e. The molecule has 124 valence electrons. The molecule has 1 unspecified atom stereocenters. The highest BCUT2D eigenvalue weighted by Gasteiger charge is 2.20. The largest absolute Gasteiger partial charge is 0.434 e. The fourth-order valence-electron chi connectivity index (χ4n) is 2.28. The first kappa shape index (κ1) is 19.1. The minimum atomic E-state index is -2.89. The highest BCUT2D eigenvalue weighted by atomic mass is 79.9. The second kappa shape index (κ2) is 9.27. The van der Waals surface area contributed by atoms with E-state index in [1.807, 2.05) is 0 Å². The van der Waals surface area contributed by atoms with Gasteiger partial charge in [0.2, 0.25) is 5.91 Å². The Morgan fingerprint density at radius 1 is 1.45 bits per heavy atom. The van der Waals surface area contributed by atoms with E-state index in [4.69, 9.17) is 0 Å². The molecular weight excluding hydrogens is 382 g/mol. The minimum absolute atomic E-state index is 0. The lowest BCUT2D eigenvalue weighted by atomic mass is 10.0. The number of amides is 1. The van der Waals surface area contributed by atoms with Crippen LogP contribution < -0.4 is 15.4 Å². The van der Waals surface area contributed by atoms with Crippen molar-refractivity contribution in [1.82, 2.24) is 10.6 Å². The van der Waals surface area contributed by atoms with Crippen molar-refractivity contribution in [1.29, 1.82) is 0 Å². The van der Waals surface area contributed by atoms with Crippen LogP contribution in [0.4, 0.5) is 8.78 Å². The number of rotatable bonds is 5. The van der Waals surface area contributed by atoms with Crippen LogP contribution in [-0.2, 0) is 11.3 Å². The van der Waals surface area contributed by atoms with Crippen LogP contribution in [0.3, 0.4) is 0 Å². The third-order valence-electron chi connectivity index (χ3n) is 3.32. The van der Waals surface area contributed by atoms with Gasteiger partial charge >= 0.3 is 6.61 Å². The van der Waals surface area contributed by atoms with Gasteiger partial charge in [-0.2, -0.15) is 8.78 Å². The Bertz CT molecular complexity index is 500. The summed E-state index contributed by atoms with van der Waals surface area (Å²) in [6, 6.07) is 4.53. The van der Waals surface area contributed by atoms with Crippen molar-refractivity contribution in [2.45, 2.75) is 38.5 Å². The summed E-state index contributed by atoms with van der Waals surface area (Å²) in [4.78, 5) is 12.0. The molecule has 22 heavy (non-hydrogen) atoms. The zero-order chi connectivity index (χ0) is 15.2. The molecular formula is C14H18BrClF2N2O2. The molecule has 8 heteroatoms. The van der Waals surface area contributed by atoms with Gasteiger partial charge in [0.1, 0.15) is 5.75 Å². The molecule has 1 amide bonds. The molecule has 0 aliphatic carbocycles. The van der Waals surface area contributed by atoms with Crippen molar-refractivity contribution in [2.75, 3.05) is 6.54 Å². The van der Waals surface area contributed by atoms with Gasteiger partial charge in [0, 0.05) is 16.6 Å². The first-order valence-corrected chi connectivity index (χ1v) is 7.60. The van der Waals surface area contributed by atoms with Crippen LogP contribution in [0.25, 0.3) is 0 Å². The Labute approximate surface area is 142 Å². The lowest BCUT2D eigenvalue weighted by Crippen LogP contribution is -2.46. The third kappa shape index (κ3) is 5.70. The Balaban J connectivity index is 0.00000242. The standard InChI is InChI=1S/C14H17BrF2N2O2.ClH/c15-10-4-5-12(21-14(16)17)9(7-10)8-19-13(20)11-3-1-2-6-18-11;/h4-5,7,11,14,18H,1-3,6,8H2,(H,19,20);1H. The molecule has 1 fully saturated rings. The predicted octanol–water partition coefficient (Wildman–Crippen LogP) is 3.23. The molecule has 4 nitrogen and oxygen atoms in total. The second-order valence-corrected chi connectivity index (χ2v) is 5.77. The number of hydrogen-bond donors (Lipinski definition) is 2. The molecule has 0 aromatic heterocycles. The van der Waals surface area contributed by atoms with Crippen LogP contribution in [0.1, 0.15) is 24.8 Å². The maximum absolute atomic E-state index is 12.4. The summed E-state index contributed by atoms with van der Waals surface area (Å²) in [5, 5.41) is 5.90. The van der Waals surface area contributed by atoms with Gasteiger partial charge in [0.15, 0.2) is 0 Å². The quantitative estimate of drug-likeness (QED) is 0.799. The Morgan fingerprint density at radius 3 is 2.86 bits per heavy atom. The number of alkyl halides is 2. The van der Waals surface area contributed by atoms with Gasteiger partial charge in [-0.25, -0.2) is 0 Å². The van der Waals surface area contributed by atoms with E-state index in [-0.39, 0.29) is 36.7 Å². The summed E-state index contributed by atoms with van der Waals surface area (Å²) in [6.45, 7) is -1.91. The van der Waals surface area contributed by atoms with Gasteiger partial charge in [-0.1, -0.05) is 22.4 Å². The summed E-state index contributed by atoms with van der Waals surface area (Å²) in [5.74, 6) is -0.0391. The highest BCUT2D eigenvalue weighted by molar-refractivity contribution is 9.10. The Hall–Kier alpha value is -0.920. The molecule has 2 rings (SSSR count). The average Bonchev–Trinajstić information content (AvgIpc) is 2.47. The number of ether oxygens (including phenoxy) is 1. The molecule has 0 spiro atoms. The maximum Gasteiger partial charge on any atom is 0.387 e. The first-order valence-electron chi connectivity index (χ1n) is 6.80. The summed E-state index contributed by atoms with van der Waals surface area (Å²) in [5.41, 5.74) is 0.508. The molecule has 1 atom stereocenters. The van der Waals surface area contributed by atoms with Crippen LogP contribution in [-0.4, -0.2) is 25.1 Å². The molecule has 2 N–H and O–H groups in total. The van der Waals surface area contributed by atoms with Crippen molar-refractivity contribution in [3.8, 4) is 5.75 Å². The predicted molar refractivity (Wildman–Crippen MR) is 85.5 cm³/mol. The van der Waals surface area contributed by atoms with Crippen LogP contribution in [0.2, 0.25) is 0 Å². The van der Waals surface area contributed by atoms with Crippen LogP contribution >= 0.6 is 28.3 Å². The summed E-state index contributed by atoms with van der Waals surface area (Å²) < 4.78 is 29.9. The molecule has 0 saturated carbocycles. The van der Waals surface area contributed by atoms with Crippen LogP contribution in [0, 0.1) is 0 Å². The van der Waals surface area contributed by atoms with Crippen LogP contribution in [0.15, 0.2) is 22.7 Å². The lowest BCUT2D eigenvalue weighted by Gasteiger charge is -2.22. The van der Waals surface area contributed by atoms with E-state index in [9.17, 15) is 13.6 Å². The SMILES string of the molecule is Cl.O=C(NCc1cc(Br)ccc1OC(F)F)C1CCCCN1. The number of piperidine rings is 1. The monoisotopic (exact) mass is 398 g/mol. The third-order valence-corrected chi connectivity index (χ3v) is 3.81. The highest BCUT2D eigenvalue weighted by Crippen LogP contribution is 2.24. The number of hydrogen-bond acceptors (Lipinski definition) is 3. The molecule has 1 heterocycles. The van der Waals surface area contributed by atoms with Crippen molar-refractivity contribution in [3.05, 3.63) is 28.2 Å². The molecule has 1 saturated heterocycles. The first-order chi connectivity index (χ1) is 10.1. The van der Waals surface area contributed by atoms with Gasteiger partial charge < -0.3 is 15.4 Å². The van der Waals surface area contributed by atoms with Gasteiger partial charge in [-0.15, -0.1) is 12.4 Å². The number of carbonyl (C=O) groups is 1. The number of benzene rings is 1. The van der Waals surface area contributed by atoms with Gasteiger partial charge in [-0.05, 0) is 37.6 Å². The van der Waals surface area contributed by atoms with Crippen molar-refractivity contribution in [3.63, 3.8) is 0 Å². The topological polar surface area (TPSA) is 50.4 Å². The zero-order valence-electron chi connectivity index (χ0n) is 11.8. The van der Waals surface area contributed by atoms with E-state index in [0.717, 1.165) is 30.3 Å². The van der Waals surface area contributed by atoms with E-state index in [0.29, 0.717) is 5.56 Å². The fraction of sp³-hybridized carbons (Fsp3) is 0.500. The molecule has 0 radical (unpaired) electrons. The van der Waals surface area contributed by atoms with Crippen LogP contribution in [0.5, 0.6) is 5.75 Å². The molecule has 0 bridgehead atoms. The van der Waals surface area contributed by atoms with Crippen molar-refractivity contribution >= 4 is 34.2 Å². The Kier molecular flexibility index (Phi) is 8.06. The van der Waals surface area contributed by atoms with E-state index in [1.54, 1.807) is 12.1 Å². The van der Waals surface area contributed by atoms with Crippen molar-refractivity contribution < 1.29 is 18.3 Å². The summed E-state index contributed by atoms with van der Waals surface area (Å²) in [7, 11) is 0. The van der Waals surface area contributed by atoms with Gasteiger partial charge in [0.25, 0.3) is 0 Å².